The predicted octanol–water partition coefficient (Wildman–Crippen LogP) is 3.17. The van der Waals surface area contributed by atoms with Gasteiger partial charge in [0.1, 0.15) is 0 Å². The second-order valence-electron chi connectivity index (χ2n) is 4.81. The molecule has 0 saturated heterocycles. The summed E-state index contributed by atoms with van der Waals surface area (Å²) in [6.07, 6.45) is 2.34. The first-order valence-corrected chi connectivity index (χ1v) is 6.43. The van der Waals surface area contributed by atoms with Crippen molar-refractivity contribution in [2.24, 2.45) is 5.92 Å². The summed E-state index contributed by atoms with van der Waals surface area (Å²) in [6.45, 7) is 15.4. The first-order valence-electron chi connectivity index (χ1n) is 6.43. The van der Waals surface area contributed by atoms with E-state index in [1.165, 1.54) is 19.5 Å². The molecule has 0 N–H and O–H groups in total. The summed E-state index contributed by atoms with van der Waals surface area (Å²) in [7, 11) is 0. The van der Waals surface area contributed by atoms with E-state index in [9.17, 15) is 0 Å². The lowest BCUT2D eigenvalue weighted by Gasteiger charge is -2.30. The number of hydrogen-bond donors (Lipinski definition) is 0. The van der Waals surface area contributed by atoms with Crippen LogP contribution in [0.2, 0.25) is 0 Å². The van der Waals surface area contributed by atoms with Crippen LogP contribution in [0.1, 0.15) is 47.5 Å². The lowest BCUT2D eigenvalue weighted by atomic mass is 10.1. The Bertz CT molecular complexity index is 136. The molecule has 1 atom stereocenters. The average Bonchev–Trinajstić information content (AvgIpc) is 2.17. The van der Waals surface area contributed by atoms with E-state index in [0.717, 1.165) is 25.6 Å². The molecular weight excluding hydrogens is 186 g/mol. The second-order valence-corrected chi connectivity index (χ2v) is 4.81. The maximum Gasteiger partial charge on any atom is 0.0619 e. The maximum atomic E-state index is 5.61. The molecule has 0 aliphatic carbocycles. The molecule has 0 heterocycles. The van der Waals surface area contributed by atoms with Crippen LogP contribution in [0, 0.1) is 5.92 Å². The van der Waals surface area contributed by atoms with Gasteiger partial charge in [-0.3, -0.25) is 4.90 Å². The van der Waals surface area contributed by atoms with Crippen molar-refractivity contribution in [3.63, 3.8) is 0 Å². The standard InChI is InChI=1S/C13H29NO/c1-6-8-14(10-12(3)4)13(5)11-15-9-7-2/h12-13H,6-11H2,1-5H3. The number of ether oxygens (including phenoxy) is 1. The zero-order valence-electron chi connectivity index (χ0n) is 11.3. The van der Waals surface area contributed by atoms with Crippen LogP contribution in [-0.4, -0.2) is 37.2 Å². The highest BCUT2D eigenvalue weighted by Gasteiger charge is 2.13. The van der Waals surface area contributed by atoms with Gasteiger partial charge in [0.15, 0.2) is 0 Å². The number of rotatable bonds is 9. The van der Waals surface area contributed by atoms with E-state index in [0.29, 0.717) is 6.04 Å². The molecule has 0 saturated carbocycles. The molecule has 15 heavy (non-hydrogen) atoms. The predicted molar refractivity (Wildman–Crippen MR) is 67.3 cm³/mol. The Balaban J connectivity index is 3.86. The topological polar surface area (TPSA) is 12.5 Å². The molecule has 0 bridgehead atoms. The quantitative estimate of drug-likeness (QED) is 0.548. The number of hydrogen-bond acceptors (Lipinski definition) is 2. The smallest absolute Gasteiger partial charge is 0.0619 e. The van der Waals surface area contributed by atoms with E-state index in [2.05, 4.69) is 39.5 Å². The van der Waals surface area contributed by atoms with Crippen molar-refractivity contribution in [1.82, 2.24) is 4.90 Å². The number of nitrogens with zero attached hydrogens (tertiary/aromatic N) is 1. The van der Waals surface area contributed by atoms with Crippen molar-refractivity contribution in [3.8, 4) is 0 Å². The van der Waals surface area contributed by atoms with Crippen molar-refractivity contribution in [1.29, 1.82) is 0 Å². The molecule has 2 heteroatoms. The van der Waals surface area contributed by atoms with E-state index >= 15 is 0 Å². The Morgan fingerprint density at radius 2 is 1.73 bits per heavy atom. The molecule has 0 fully saturated rings. The first-order chi connectivity index (χ1) is 7.11. The molecule has 1 unspecified atom stereocenters. The zero-order chi connectivity index (χ0) is 11.7. The lowest BCUT2D eigenvalue weighted by Crippen LogP contribution is -2.39. The van der Waals surface area contributed by atoms with Gasteiger partial charge in [-0.05, 0) is 32.2 Å². The Morgan fingerprint density at radius 1 is 1.07 bits per heavy atom. The fraction of sp³-hybridized carbons (Fsp3) is 1.00. The van der Waals surface area contributed by atoms with Gasteiger partial charge in [-0.25, -0.2) is 0 Å². The first kappa shape index (κ1) is 14.9. The van der Waals surface area contributed by atoms with Gasteiger partial charge >= 0.3 is 0 Å². The van der Waals surface area contributed by atoms with Crippen LogP contribution in [0.5, 0.6) is 0 Å². The largest absolute Gasteiger partial charge is 0.380 e. The average molecular weight is 215 g/mol. The third kappa shape index (κ3) is 7.80. The molecule has 0 aromatic carbocycles. The highest BCUT2D eigenvalue weighted by atomic mass is 16.5. The fourth-order valence-corrected chi connectivity index (χ4v) is 1.75. The summed E-state index contributed by atoms with van der Waals surface area (Å²) in [5, 5.41) is 0. The molecule has 0 aliphatic heterocycles. The van der Waals surface area contributed by atoms with Gasteiger partial charge in [0.25, 0.3) is 0 Å². The minimum absolute atomic E-state index is 0.555. The van der Waals surface area contributed by atoms with Crippen molar-refractivity contribution >= 4 is 0 Å². The van der Waals surface area contributed by atoms with Gasteiger partial charge in [0.05, 0.1) is 6.61 Å². The van der Waals surface area contributed by atoms with Gasteiger partial charge in [-0.2, -0.15) is 0 Å². The summed E-state index contributed by atoms with van der Waals surface area (Å²) in [6, 6.07) is 0.555. The maximum absolute atomic E-state index is 5.61. The minimum Gasteiger partial charge on any atom is -0.380 e. The molecule has 92 valence electrons. The molecule has 0 aromatic rings. The third-order valence-electron chi connectivity index (χ3n) is 2.44. The van der Waals surface area contributed by atoms with Crippen molar-refractivity contribution in [2.45, 2.75) is 53.5 Å². The van der Waals surface area contributed by atoms with Crippen LogP contribution in [0.25, 0.3) is 0 Å². The van der Waals surface area contributed by atoms with Crippen LogP contribution < -0.4 is 0 Å². The second kappa shape index (κ2) is 9.17. The van der Waals surface area contributed by atoms with Crippen molar-refractivity contribution < 1.29 is 4.74 Å². The third-order valence-corrected chi connectivity index (χ3v) is 2.44. The summed E-state index contributed by atoms with van der Waals surface area (Å²) >= 11 is 0. The van der Waals surface area contributed by atoms with Crippen LogP contribution in [-0.2, 0) is 4.74 Å². The van der Waals surface area contributed by atoms with Gasteiger partial charge in [-0.1, -0.05) is 27.7 Å². The van der Waals surface area contributed by atoms with E-state index in [-0.39, 0.29) is 0 Å². The van der Waals surface area contributed by atoms with Crippen LogP contribution >= 0.6 is 0 Å². The molecule has 0 rings (SSSR count). The Hall–Kier alpha value is -0.0800. The van der Waals surface area contributed by atoms with Crippen LogP contribution in [0.4, 0.5) is 0 Å². The molecule has 2 nitrogen and oxygen atoms in total. The van der Waals surface area contributed by atoms with E-state index in [1.807, 2.05) is 0 Å². The minimum atomic E-state index is 0.555. The van der Waals surface area contributed by atoms with E-state index in [1.54, 1.807) is 0 Å². The van der Waals surface area contributed by atoms with Gasteiger partial charge in [0.2, 0.25) is 0 Å². The fourth-order valence-electron chi connectivity index (χ4n) is 1.75. The summed E-state index contributed by atoms with van der Waals surface area (Å²) in [4.78, 5) is 2.54. The van der Waals surface area contributed by atoms with E-state index in [4.69, 9.17) is 4.74 Å². The van der Waals surface area contributed by atoms with Gasteiger partial charge in [-0.15, -0.1) is 0 Å². The molecule has 0 spiro atoms. The highest BCUT2D eigenvalue weighted by molar-refractivity contribution is 4.67. The van der Waals surface area contributed by atoms with E-state index < -0.39 is 0 Å². The van der Waals surface area contributed by atoms with Crippen molar-refractivity contribution in [2.75, 3.05) is 26.3 Å². The SMILES string of the molecule is CCCOCC(C)N(CCC)CC(C)C. The Morgan fingerprint density at radius 3 is 2.20 bits per heavy atom. The summed E-state index contributed by atoms with van der Waals surface area (Å²) in [5.74, 6) is 0.741. The van der Waals surface area contributed by atoms with Crippen molar-refractivity contribution in [3.05, 3.63) is 0 Å². The molecule has 0 amide bonds. The zero-order valence-corrected chi connectivity index (χ0v) is 11.3. The highest BCUT2D eigenvalue weighted by Crippen LogP contribution is 2.06. The molecule has 0 aromatic heterocycles. The molecule has 0 aliphatic rings. The Labute approximate surface area is 96.0 Å². The van der Waals surface area contributed by atoms with Gasteiger partial charge in [0, 0.05) is 19.2 Å². The van der Waals surface area contributed by atoms with Gasteiger partial charge < -0.3 is 4.74 Å². The summed E-state index contributed by atoms with van der Waals surface area (Å²) in [5.41, 5.74) is 0. The summed E-state index contributed by atoms with van der Waals surface area (Å²) < 4.78 is 5.61. The lowest BCUT2D eigenvalue weighted by molar-refractivity contribution is 0.0613. The normalized spacial score (nSPS) is 13.8. The van der Waals surface area contributed by atoms with Crippen LogP contribution in [0.3, 0.4) is 0 Å². The molecule has 0 radical (unpaired) electrons. The van der Waals surface area contributed by atoms with Crippen LogP contribution in [0.15, 0.2) is 0 Å². The molecular formula is C13H29NO. The Kier molecular flexibility index (Phi) is 9.12. The monoisotopic (exact) mass is 215 g/mol.